The molecule has 0 aromatic heterocycles. The van der Waals surface area contributed by atoms with Gasteiger partial charge in [0.15, 0.2) is 11.6 Å². The topological polar surface area (TPSA) is 58.6 Å². The van der Waals surface area contributed by atoms with E-state index in [2.05, 4.69) is 5.32 Å². The first-order valence-corrected chi connectivity index (χ1v) is 6.41. The number of aliphatic hydroxyl groups is 1. The van der Waals surface area contributed by atoms with Gasteiger partial charge < -0.3 is 15.2 Å². The standard InChI is InChI=1S/C14H19F2NO3/c1-9(2)5-14(19)17-7-10(18)8-20-11-3-4-12(15)13(16)6-11/h3-4,6,9-10,18H,5,7-8H2,1-2H3,(H,17,19). The molecule has 0 aliphatic heterocycles. The summed E-state index contributed by atoms with van der Waals surface area (Å²) in [6.07, 6.45) is -0.532. The van der Waals surface area contributed by atoms with E-state index >= 15 is 0 Å². The molecule has 6 heteroatoms. The second-order valence-corrected chi connectivity index (χ2v) is 4.94. The van der Waals surface area contributed by atoms with E-state index in [4.69, 9.17) is 4.74 Å². The molecule has 0 saturated heterocycles. The van der Waals surface area contributed by atoms with Crippen LogP contribution in [-0.4, -0.2) is 30.3 Å². The maximum atomic E-state index is 12.9. The van der Waals surface area contributed by atoms with Crippen molar-refractivity contribution in [3.05, 3.63) is 29.8 Å². The highest BCUT2D eigenvalue weighted by atomic mass is 19.2. The van der Waals surface area contributed by atoms with Crippen molar-refractivity contribution in [1.29, 1.82) is 0 Å². The summed E-state index contributed by atoms with van der Waals surface area (Å²) in [5.74, 6) is -1.75. The molecule has 1 unspecified atom stereocenters. The molecule has 0 saturated carbocycles. The third kappa shape index (κ3) is 5.97. The summed E-state index contributed by atoms with van der Waals surface area (Å²) >= 11 is 0. The Hall–Kier alpha value is -1.69. The van der Waals surface area contributed by atoms with E-state index in [0.29, 0.717) is 6.42 Å². The lowest BCUT2D eigenvalue weighted by Gasteiger charge is -2.14. The molecule has 1 aromatic carbocycles. The molecule has 0 spiro atoms. The molecule has 0 aliphatic rings. The van der Waals surface area contributed by atoms with Crippen LogP contribution in [0.15, 0.2) is 18.2 Å². The Morgan fingerprint density at radius 2 is 2.05 bits per heavy atom. The van der Waals surface area contributed by atoms with Crippen LogP contribution >= 0.6 is 0 Å². The van der Waals surface area contributed by atoms with E-state index in [-0.39, 0.29) is 30.7 Å². The molecule has 1 aromatic rings. The van der Waals surface area contributed by atoms with Gasteiger partial charge in [0.25, 0.3) is 0 Å². The Balaban J connectivity index is 2.30. The van der Waals surface area contributed by atoms with E-state index in [9.17, 15) is 18.7 Å². The first-order valence-electron chi connectivity index (χ1n) is 6.41. The molecule has 0 fully saturated rings. The van der Waals surface area contributed by atoms with Crippen molar-refractivity contribution in [3.63, 3.8) is 0 Å². The third-order valence-corrected chi connectivity index (χ3v) is 2.46. The lowest BCUT2D eigenvalue weighted by atomic mass is 10.1. The molecular formula is C14H19F2NO3. The summed E-state index contributed by atoms with van der Waals surface area (Å²) in [6.45, 7) is 3.77. The summed E-state index contributed by atoms with van der Waals surface area (Å²) in [6, 6.07) is 3.11. The molecule has 0 radical (unpaired) electrons. The average molecular weight is 287 g/mol. The summed E-state index contributed by atoms with van der Waals surface area (Å²) in [5.41, 5.74) is 0. The van der Waals surface area contributed by atoms with E-state index in [1.165, 1.54) is 6.07 Å². The predicted octanol–water partition coefficient (Wildman–Crippen LogP) is 1.87. The van der Waals surface area contributed by atoms with Crippen molar-refractivity contribution in [2.45, 2.75) is 26.4 Å². The van der Waals surface area contributed by atoms with E-state index in [1.54, 1.807) is 0 Å². The fraction of sp³-hybridized carbons (Fsp3) is 0.500. The maximum absolute atomic E-state index is 12.9. The molecule has 2 N–H and O–H groups in total. The summed E-state index contributed by atoms with van der Waals surface area (Å²) < 4.78 is 30.7. The largest absolute Gasteiger partial charge is 0.491 e. The Morgan fingerprint density at radius 1 is 1.35 bits per heavy atom. The zero-order valence-electron chi connectivity index (χ0n) is 11.5. The first-order chi connectivity index (χ1) is 9.38. The predicted molar refractivity (Wildman–Crippen MR) is 70.3 cm³/mol. The Labute approximate surface area is 116 Å². The Kier molecular flexibility index (Phi) is 6.38. The number of hydrogen-bond acceptors (Lipinski definition) is 3. The number of carbonyl (C=O) groups is 1. The minimum absolute atomic E-state index is 0.0508. The van der Waals surface area contributed by atoms with Gasteiger partial charge in [-0.25, -0.2) is 8.78 Å². The minimum Gasteiger partial charge on any atom is -0.491 e. The number of hydrogen-bond donors (Lipinski definition) is 2. The summed E-state index contributed by atoms with van der Waals surface area (Å²) in [5, 5.41) is 12.2. The van der Waals surface area contributed by atoms with Crippen LogP contribution in [0.3, 0.4) is 0 Å². The summed E-state index contributed by atoms with van der Waals surface area (Å²) in [4.78, 5) is 11.4. The highest BCUT2D eigenvalue weighted by Crippen LogP contribution is 2.15. The van der Waals surface area contributed by atoms with E-state index in [0.717, 1.165) is 12.1 Å². The second-order valence-electron chi connectivity index (χ2n) is 4.94. The molecule has 20 heavy (non-hydrogen) atoms. The number of carbonyl (C=O) groups excluding carboxylic acids is 1. The zero-order valence-corrected chi connectivity index (χ0v) is 11.5. The molecule has 0 bridgehead atoms. The van der Waals surface area contributed by atoms with Gasteiger partial charge >= 0.3 is 0 Å². The van der Waals surface area contributed by atoms with Gasteiger partial charge in [0.05, 0.1) is 0 Å². The van der Waals surface area contributed by atoms with Crippen LogP contribution in [0.1, 0.15) is 20.3 Å². The number of halogens is 2. The highest BCUT2D eigenvalue weighted by molar-refractivity contribution is 5.76. The Morgan fingerprint density at radius 3 is 2.65 bits per heavy atom. The van der Waals surface area contributed by atoms with E-state index < -0.39 is 17.7 Å². The number of aliphatic hydroxyl groups excluding tert-OH is 1. The molecule has 4 nitrogen and oxygen atoms in total. The molecule has 1 amide bonds. The zero-order chi connectivity index (χ0) is 15.1. The lowest BCUT2D eigenvalue weighted by Crippen LogP contribution is -2.35. The molecule has 1 rings (SSSR count). The molecule has 1 atom stereocenters. The van der Waals surface area contributed by atoms with Crippen molar-refractivity contribution in [1.82, 2.24) is 5.32 Å². The van der Waals surface area contributed by atoms with Crippen molar-refractivity contribution < 1.29 is 23.4 Å². The Bertz CT molecular complexity index is 452. The van der Waals surface area contributed by atoms with Crippen molar-refractivity contribution >= 4 is 5.91 Å². The van der Waals surface area contributed by atoms with Crippen LogP contribution in [-0.2, 0) is 4.79 Å². The molecule has 0 aliphatic carbocycles. The normalized spacial score (nSPS) is 12.3. The van der Waals surface area contributed by atoms with Gasteiger partial charge in [-0.15, -0.1) is 0 Å². The van der Waals surface area contributed by atoms with Crippen LogP contribution in [0.5, 0.6) is 5.75 Å². The quantitative estimate of drug-likeness (QED) is 0.805. The van der Waals surface area contributed by atoms with Gasteiger partial charge in [-0.3, -0.25) is 4.79 Å². The van der Waals surface area contributed by atoms with E-state index in [1.807, 2.05) is 13.8 Å². The van der Waals surface area contributed by atoms with Gasteiger partial charge in [-0.2, -0.15) is 0 Å². The lowest BCUT2D eigenvalue weighted by molar-refractivity contribution is -0.122. The van der Waals surface area contributed by atoms with Crippen LogP contribution in [0.4, 0.5) is 8.78 Å². The molecular weight excluding hydrogens is 268 g/mol. The van der Waals surface area contributed by atoms with Crippen LogP contribution in [0, 0.1) is 17.6 Å². The van der Waals surface area contributed by atoms with Crippen molar-refractivity contribution in [2.24, 2.45) is 5.92 Å². The highest BCUT2D eigenvalue weighted by Gasteiger charge is 2.10. The maximum Gasteiger partial charge on any atom is 0.220 e. The monoisotopic (exact) mass is 287 g/mol. The number of rotatable bonds is 7. The average Bonchev–Trinajstić information content (AvgIpc) is 2.37. The SMILES string of the molecule is CC(C)CC(=O)NCC(O)COc1ccc(F)c(F)c1. The minimum atomic E-state index is -1.01. The van der Waals surface area contributed by atoms with Gasteiger partial charge in [-0.1, -0.05) is 13.8 Å². The van der Waals surface area contributed by atoms with Gasteiger partial charge in [0.1, 0.15) is 18.5 Å². The first kappa shape index (κ1) is 16.4. The van der Waals surface area contributed by atoms with Crippen LogP contribution < -0.4 is 10.1 Å². The van der Waals surface area contributed by atoms with Crippen LogP contribution in [0.2, 0.25) is 0 Å². The third-order valence-electron chi connectivity index (χ3n) is 2.46. The number of nitrogens with one attached hydrogen (secondary N) is 1. The van der Waals surface area contributed by atoms with Gasteiger partial charge in [0, 0.05) is 19.0 Å². The van der Waals surface area contributed by atoms with Crippen molar-refractivity contribution in [3.8, 4) is 5.75 Å². The summed E-state index contributed by atoms with van der Waals surface area (Å²) in [7, 11) is 0. The number of amides is 1. The van der Waals surface area contributed by atoms with Crippen molar-refractivity contribution in [2.75, 3.05) is 13.2 Å². The van der Waals surface area contributed by atoms with Crippen LogP contribution in [0.25, 0.3) is 0 Å². The smallest absolute Gasteiger partial charge is 0.220 e. The number of ether oxygens (including phenoxy) is 1. The number of benzene rings is 1. The fourth-order valence-corrected chi connectivity index (χ4v) is 1.49. The van der Waals surface area contributed by atoms with Gasteiger partial charge in [-0.05, 0) is 18.1 Å². The fourth-order valence-electron chi connectivity index (χ4n) is 1.49. The molecule has 112 valence electrons. The van der Waals surface area contributed by atoms with Gasteiger partial charge in [0.2, 0.25) is 5.91 Å². The second kappa shape index (κ2) is 7.79. The molecule has 0 heterocycles.